The lowest BCUT2D eigenvalue weighted by Crippen LogP contribution is -2.02. The van der Waals surface area contributed by atoms with E-state index in [9.17, 15) is 0 Å². The number of aryl methyl sites for hydroxylation is 1. The predicted molar refractivity (Wildman–Crippen MR) is 74.1 cm³/mol. The summed E-state index contributed by atoms with van der Waals surface area (Å²) >= 11 is 0. The van der Waals surface area contributed by atoms with Gasteiger partial charge in [0.15, 0.2) is 0 Å². The molecule has 0 unspecified atom stereocenters. The van der Waals surface area contributed by atoms with Crippen molar-refractivity contribution in [3.05, 3.63) is 23.8 Å². The van der Waals surface area contributed by atoms with E-state index in [2.05, 4.69) is 9.97 Å². The Morgan fingerprint density at radius 2 is 1.53 bits per heavy atom. The van der Waals surface area contributed by atoms with Crippen molar-refractivity contribution in [2.24, 2.45) is 0 Å². The van der Waals surface area contributed by atoms with Crippen LogP contribution in [0.2, 0.25) is 0 Å². The summed E-state index contributed by atoms with van der Waals surface area (Å²) in [6.45, 7) is 1.96. The van der Waals surface area contributed by atoms with Crippen molar-refractivity contribution in [2.75, 3.05) is 25.7 Å². The van der Waals surface area contributed by atoms with E-state index in [1.54, 1.807) is 20.3 Å². The molecule has 0 amide bonds. The van der Waals surface area contributed by atoms with Gasteiger partial charge in [-0.05, 0) is 24.6 Å². The van der Waals surface area contributed by atoms with E-state index in [0.29, 0.717) is 28.6 Å². The minimum Gasteiger partial charge on any atom is -0.496 e. The number of hydrogen-bond acceptors (Lipinski definition) is 6. The number of nitrogen functional groups attached to an aromatic ring is 2. The number of nitrogens with two attached hydrogens (primary N) is 2. The molecule has 1 aromatic carbocycles. The molecule has 1 heterocycles. The maximum atomic E-state index is 5.70. The van der Waals surface area contributed by atoms with E-state index in [1.807, 2.05) is 19.1 Å². The van der Waals surface area contributed by atoms with Gasteiger partial charge in [-0.2, -0.15) is 4.98 Å². The van der Waals surface area contributed by atoms with E-state index >= 15 is 0 Å². The molecule has 4 N–H and O–H groups in total. The molecule has 0 saturated carbocycles. The standard InChI is InChI=1S/C13H16N4O2/c1-7-4-9(18-2)12(10(5-7)19-3)8-6-11(14)17-13(15)16-8/h4-6H,1-3H3,(H4,14,15,16,17). The second kappa shape index (κ2) is 5.01. The molecule has 0 saturated heterocycles. The second-order valence-corrected chi connectivity index (χ2v) is 4.08. The molecule has 0 atom stereocenters. The van der Waals surface area contributed by atoms with Gasteiger partial charge in [0.05, 0.1) is 25.5 Å². The van der Waals surface area contributed by atoms with Crippen molar-refractivity contribution >= 4 is 11.8 Å². The lowest BCUT2D eigenvalue weighted by molar-refractivity contribution is 0.396. The Balaban J connectivity index is 2.72. The molecule has 0 fully saturated rings. The zero-order valence-electron chi connectivity index (χ0n) is 11.1. The summed E-state index contributed by atoms with van der Waals surface area (Å²) in [5, 5.41) is 0. The molecule has 0 spiro atoms. The highest BCUT2D eigenvalue weighted by atomic mass is 16.5. The first kappa shape index (κ1) is 12.9. The molecule has 6 heteroatoms. The molecular formula is C13H16N4O2. The van der Waals surface area contributed by atoms with Crippen LogP contribution in [0.1, 0.15) is 5.56 Å². The summed E-state index contributed by atoms with van der Waals surface area (Å²) in [5.74, 6) is 1.70. The molecule has 100 valence electrons. The molecule has 0 aliphatic heterocycles. The minimum absolute atomic E-state index is 0.111. The molecule has 6 nitrogen and oxygen atoms in total. The van der Waals surface area contributed by atoms with Gasteiger partial charge >= 0.3 is 0 Å². The summed E-state index contributed by atoms with van der Waals surface area (Å²) in [4.78, 5) is 8.03. The summed E-state index contributed by atoms with van der Waals surface area (Å²) in [7, 11) is 3.18. The van der Waals surface area contributed by atoms with Crippen LogP contribution in [-0.2, 0) is 0 Å². The molecule has 2 aromatic rings. The van der Waals surface area contributed by atoms with Crippen molar-refractivity contribution in [3.8, 4) is 22.8 Å². The first-order valence-electron chi connectivity index (χ1n) is 5.68. The van der Waals surface area contributed by atoms with Gasteiger partial charge in [0.1, 0.15) is 17.3 Å². The number of nitrogens with zero attached hydrogens (tertiary/aromatic N) is 2. The van der Waals surface area contributed by atoms with Crippen LogP contribution >= 0.6 is 0 Å². The fourth-order valence-electron chi connectivity index (χ4n) is 1.91. The molecule has 0 radical (unpaired) electrons. The molecule has 19 heavy (non-hydrogen) atoms. The first-order valence-corrected chi connectivity index (χ1v) is 5.68. The van der Waals surface area contributed by atoms with Crippen LogP contribution in [0, 0.1) is 6.92 Å². The third-order valence-corrected chi connectivity index (χ3v) is 2.67. The number of benzene rings is 1. The van der Waals surface area contributed by atoms with Crippen LogP contribution < -0.4 is 20.9 Å². The molecule has 2 rings (SSSR count). The first-order chi connectivity index (χ1) is 9.05. The van der Waals surface area contributed by atoms with Crippen LogP contribution in [0.3, 0.4) is 0 Å². The highest BCUT2D eigenvalue weighted by Crippen LogP contribution is 2.39. The van der Waals surface area contributed by atoms with Crippen LogP contribution in [0.5, 0.6) is 11.5 Å². The van der Waals surface area contributed by atoms with Crippen molar-refractivity contribution in [3.63, 3.8) is 0 Å². The van der Waals surface area contributed by atoms with Crippen molar-refractivity contribution in [1.29, 1.82) is 0 Å². The van der Waals surface area contributed by atoms with E-state index in [0.717, 1.165) is 5.56 Å². The zero-order chi connectivity index (χ0) is 14.0. The lowest BCUT2D eigenvalue weighted by atomic mass is 10.1. The van der Waals surface area contributed by atoms with Gasteiger partial charge in [-0.25, -0.2) is 4.98 Å². The number of hydrogen-bond donors (Lipinski definition) is 2. The fourth-order valence-corrected chi connectivity index (χ4v) is 1.91. The highest BCUT2D eigenvalue weighted by Gasteiger charge is 2.16. The molecule has 0 aliphatic rings. The van der Waals surface area contributed by atoms with Gasteiger partial charge in [-0.1, -0.05) is 0 Å². The zero-order valence-corrected chi connectivity index (χ0v) is 11.1. The average molecular weight is 260 g/mol. The van der Waals surface area contributed by atoms with Crippen LogP contribution in [0.25, 0.3) is 11.3 Å². The Kier molecular flexibility index (Phi) is 3.41. The quantitative estimate of drug-likeness (QED) is 0.870. The SMILES string of the molecule is COc1cc(C)cc(OC)c1-c1cc(N)nc(N)n1. The van der Waals surface area contributed by atoms with E-state index in [-0.39, 0.29) is 5.95 Å². The third kappa shape index (κ3) is 2.52. The fraction of sp³-hybridized carbons (Fsp3) is 0.231. The maximum absolute atomic E-state index is 5.70. The van der Waals surface area contributed by atoms with E-state index in [4.69, 9.17) is 20.9 Å². The van der Waals surface area contributed by atoms with Crippen LogP contribution in [0.4, 0.5) is 11.8 Å². The molecular weight excluding hydrogens is 244 g/mol. The van der Waals surface area contributed by atoms with Crippen molar-refractivity contribution < 1.29 is 9.47 Å². The smallest absolute Gasteiger partial charge is 0.222 e. The average Bonchev–Trinajstić information content (AvgIpc) is 2.36. The van der Waals surface area contributed by atoms with Gasteiger partial charge < -0.3 is 20.9 Å². The van der Waals surface area contributed by atoms with E-state index in [1.165, 1.54) is 0 Å². The largest absolute Gasteiger partial charge is 0.496 e. The molecule has 0 bridgehead atoms. The van der Waals surface area contributed by atoms with E-state index < -0.39 is 0 Å². The van der Waals surface area contributed by atoms with Gasteiger partial charge in [0, 0.05) is 6.07 Å². The minimum atomic E-state index is 0.111. The Hall–Kier alpha value is -2.50. The summed E-state index contributed by atoms with van der Waals surface area (Å²) in [6.07, 6.45) is 0. The summed E-state index contributed by atoms with van der Waals surface area (Å²) in [6, 6.07) is 5.42. The molecule has 1 aromatic heterocycles. The Labute approximate surface area is 111 Å². The maximum Gasteiger partial charge on any atom is 0.222 e. The van der Waals surface area contributed by atoms with Crippen molar-refractivity contribution in [1.82, 2.24) is 9.97 Å². The van der Waals surface area contributed by atoms with Crippen LogP contribution in [-0.4, -0.2) is 24.2 Å². The van der Waals surface area contributed by atoms with Gasteiger partial charge in [0.25, 0.3) is 0 Å². The van der Waals surface area contributed by atoms with Crippen molar-refractivity contribution in [2.45, 2.75) is 6.92 Å². The number of ether oxygens (including phenoxy) is 2. The number of rotatable bonds is 3. The monoisotopic (exact) mass is 260 g/mol. The Bertz CT molecular complexity index is 568. The number of methoxy groups -OCH3 is 2. The lowest BCUT2D eigenvalue weighted by Gasteiger charge is -2.14. The molecule has 0 aliphatic carbocycles. The predicted octanol–water partition coefficient (Wildman–Crippen LogP) is 1.63. The van der Waals surface area contributed by atoms with Crippen LogP contribution in [0.15, 0.2) is 18.2 Å². The Morgan fingerprint density at radius 1 is 0.947 bits per heavy atom. The number of aromatic nitrogens is 2. The van der Waals surface area contributed by atoms with Gasteiger partial charge in [-0.3, -0.25) is 0 Å². The van der Waals surface area contributed by atoms with Gasteiger partial charge in [-0.15, -0.1) is 0 Å². The summed E-state index contributed by atoms with van der Waals surface area (Å²) in [5.41, 5.74) is 13.6. The topological polar surface area (TPSA) is 96.3 Å². The Morgan fingerprint density at radius 3 is 2.00 bits per heavy atom. The second-order valence-electron chi connectivity index (χ2n) is 4.08. The van der Waals surface area contributed by atoms with Gasteiger partial charge in [0.2, 0.25) is 5.95 Å². The normalized spacial score (nSPS) is 10.3. The third-order valence-electron chi connectivity index (χ3n) is 2.67. The highest BCUT2D eigenvalue weighted by molar-refractivity contribution is 5.76. The summed E-state index contributed by atoms with van der Waals surface area (Å²) < 4.78 is 10.8. The number of anilines is 2.